The molecular formula is C24H25F3N2O4. The van der Waals surface area contributed by atoms with Crippen molar-refractivity contribution in [2.24, 2.45) is 0 Å². The zero-order valence-corrected chi connectivity index (χ0v) is 18.0. The van der Waals surface area contributed by atoms with Gasteiger partial charge in [-0.25, -0.2) is 0 Å². The monoisotopic (exact) mass is 462 g/mol. The number of para-hydroxylation sites is 2. The number of rotatable bonds is 4. The largest absolute Gasteiger partial charge is 0.573 e. The second-order valence-electron chi connectivity index (χ2n) is 8.62. The molecule has 0 N–H and O–H groups in total. The minimum Gasteiger partial charge on any atom is -0.487 e. The summed E-state index contributed by atoms with van der Waals surface area (Å²) in [5, 5.41) is 0. The summed E-state index contributed by atoms with van der Waals surface area (Å²) in [6, 6.07) is 13.0. The normalized spacial score (nSPS) is 24.1. The first kappa shape index (κ1) is 22.0. The molecule has 0 radical (unpaired) electrons. The number of likely N-dealkylation sites (tertiary alicyclic amines) is 1. The van der Waals surface area contributed by atoms with E-state index in [-0.39, 0.29) is 36.4 Å². The van der Waals surface area contributed by atoms with Crippen molar-refractivity contribution in [1.82, 2.24) is 4.90 Å². The first-order valence-electron chi connectivity index (χ1n) is 11.1. The lowest BCUT2D eigenvalue weighted by atomic mass is 10.0. The number of hydrogen-bond acceptors (Lipinski definition) is 5. The second-order valence-corrected chi connectivity index (χ2v) is 8.62. The summed E-state index contributed by atoms with van der Waals surface area (Å²) in [7, 11) is 0. The number of benzene rings is 2. The van der Waals surface area contributed by atoms with E-state index in [9.17, 15) is 18.0 Å². The van der Waals surface area contributed by atoms with Crippen molar-refractivity contribution in [2.45, 2.75) is 50.4 Å². The molecule has 2 unspecified atom stereocenters. The lowest BCUT2D eigenvalue weighted by molar-refractivity contribution is -0.274. The third kappa shape index (κ3) is 4.79. The van der Waals surface area contributed by atoms with E-state index >= 15 is 0 Å². The van der Waals surface area contributed by atoms with Crippen molar-refractivity contribution >= 4 is 11.6 Å². The molecule has 0 aromatic heterocycles. The molecule has 2 atom stereocenters. The quantitative estimate of drug-likeness (QED) is 0.684. The van der Waals surface area contributed by atoms with Gasteiger partial charge in [0.15, 0.2) is 0 Å². The zero-order chi connectivity index (χ0) is 23.0. The van der Waals surface area contributed by atoms with Crippen LogP contribution in [-0.2, 0) is 16.1 Å². The summed E-state index contributed by atoms with van der Waals surface area (Å²) >= 11 is 0. The molecule has 2 fully saturated rings. The Balaban J connectivity index is 1.43. The molecule has 1 amide bonds. The molecule has 0 spiro atoms. The second kappa shape index (κ2) is 8.87. The highest BCUT2D eigenvalue weighted by atomic mass is 19.4. The maximum Gasteiger partial charge on any atom is 0.573 e. The lowest BCUT2D eigenvalue weighted by Gasteiger charge is -2.36. The van der Waals surface area contributed by atoms with Gasteiger partial charge >= 0.3 is 6.36 Å². The lowest BCUT2D eigenvalue weighted by Crippen LogP contribution is -2.50. The topological polar surface area (TPSA) is 51.2 Å². The molecular weight excluding hydrogens is 437 g/mol. The molecule has 3 heterocycles. The fourth-order valence-electron chi connectivity index (χ4n) is 4.97. The molecule has 0 saturated carbocycles. The van der Waals surface area contributed by atoms with E-state index < -0.39 is 6.36 Å². The summed E-state index contributed by atoms with van der Waals surface area (Å²) in [5.41, 5.74) is 1.36. The molecule has 3 aliphatic rings. The smallest absolute Gasteiger partial charge is 0.487 e. The highest BCUT2D eigenvalue weighted by Gasteiger charge is 2.45. The number of carbonyl (C=O) groups is 1. The molecule has 3 aliphatic heterocycles. The van der Waals surface area contributed by atoms with Crippen LogP contribution in [0.5, 0.6) is 11.5 Å². The van der Waals surface area contributed by atoms with E-state index in [4.69, 9.17) is 9.47 Å². The van der Waals surface area contributed by atoms with Crippen molar-refractivity contribution in [3.8, 4) is 11.5 Å². The van der Waals surface area contributed by atoms with Gasteiger partial charge < -0.3 is 19.1 Å². The van der Waals surface area contributed by atoms with Crippen molar-refractivity contribution in [3.63, 3.8) is 0 Å². The van der Waals surface area contributed by atoms with Gasteiger partial charge in [0.05, 0.1) is 18.3 Å². The van der Waals surface area contributed by atoms with Crippen LogP contribution in [0.25, 0.3) is 0 Å². The summed E-state index contributed by atoms with van der Waals surface area (Å²) in [6.07, 6.45) is -2.44. The third-order valence-corrected chi connectivity index (χ3v) is 6.46. The van der Waals surface area contributed by atoms with Crippen LogP contribution in [0, 0.1) is 0 Å². The van der Waals surface area contributed by atoms with Gasteiger partial charge in [-0.3, -0.25) is 9.69 Å². The molecule has 0 aliphatic carbocycles. The van der Waals surface area contributed by atoms with E-state index in [1.165, 1.54) is 12.1 Å². The zero-order valence-electron chi connectivity index (χ0n) is 18.0. The number of alkyl halides is 3. The van der Waals surface area contributed by atoms with Crippen molar-refractivity contribution < 1.29 is 32.2 Å². The molecule has 2 aromatic rings. The Bertz CT molecular complexity index is 992. The van der Waals surface area contributed by atoms with Crippen LogP contribution >= 0.6 is 0 Å². The van der Waals surface area contributed by atoms with Crippen LogP contribution in [0.3, 0.4) is 0 Å². The number of nitrogens with zero attached hydrogens (tertiary/aromatic N) is 2. The molecule has 5 rings (SSSR count). The van der Waals surface area contributed by atoms with Gasteiger partial charge in [0.1, 0.15) is 17.6 Å². The van der Waals surface area contributed by atoms with E-state index in [2.05, 4.69) is 9.64 Å². The number of carbonyl (C=O) groups excluding carboxylic acids is 1. The Morgan fingerprint density at radius 3 is 2.48 bits per heavy atom. The van der Waals surface area contributed by atoms with Crippen molar-refractivity contribution in [3.05, 3.63) is 54.1 Å². The van der Waals surface area contributed by atoms with Crippen LogP contribution in [0.15, 0.2) is 48.5 Å². The SMILES string of the molecule is O=C1C2CC(CN2C2CCOCC2)Oc2ccccc2N1Cc1ccc(OC(F)(F)F)cc1. The molecule has 2 bridgehead atoms. The summed E-state index contributed by atoms with van der Waals surface area (Å²) in [6.45, 7) is 2.27. The molecule has 2 aromatic carbocycles. The predicted molar refractivity (Wildman–Crippen MR) is 114 cm³/mol. The fourth-order valence-corrected chi connectivity index (χ4v) is 4.97. The van der Waals surface area contributed by atoms with Gasteiger partial charge in [0.25, 0.3) is 0 Å². The van der Waals surface area contributed by atoms with Crippen LogP contribution in [-0.4, -0.2) is 55.1 Å². The minimum absolute atomic E-state index is 0.0182. The van der Waals surface area contributed by atoms with Gasteiger partial charge in [-0.1, -0.05) is 24.3 Å². The number of anilines is 1. The van der Waals surface area contributed by atoms with Crippen LogP contribution < -0.4 is 14.4 Å². The highest BCUT2D eigenvalue weighted by molar-refractivity contribution is 5.99. The average Bonchev–Trinajstić information content (AvgIpc) is 3.23. The minimum atomic E-state index is -4.75. The number of fused-ring (bicyclic) bond motifs is 3. The molecule has 9 heteroatoms. The first-order chi connectivity index (χ1) is 15.9. The maximum absolute atomic E-state index is 13.9. The number of ether oxygens (including phenoxy) is 3. The fraction of sp³-hybridized carbons (Fsp3) is 0.458. The van der Waals surface area contributed by atoms with Crippen LogP contribution in [0.1, 0.15) is 24.8 Å². The summed E-state index contributed by atoms with van der Waals surface area (Å²) < 4.78 is 53.3. The van der Waals surface area contributed by atoms with Gasteiger partial charge in [-0.2, -0.15) is 0 Å². The summed E-state index contributed by atoms with van der Waals surface area (Å²) in [5.74, 6) is 0.328. The summed E-state index contributed by atoms with van der Waals surface area (Å²) in [4.78, 5) is 17.8. The van der Waals surface area contributed by atoms with Crippen molar-refractivity contribution in [1.29, 1.82) is 0 Å². The predicted octanol–water partition coefficient (Wildman–Crippen LogP) is 4.13. The molecule has 6 nitrogen and oxygen atoms in total. The number of hydrogen-bond donors (Lipinski definition) is 0. The van der Waals surface area contributed by atoms with Crippen LogP contribution in [0.4, 0.5) is 18.9 Å². The van der Waals surface area contributed by atoms with Gasteiger partial charge in [0.2, 0.25) is 5.91 Å². The molecule has 33 heavy (non-hydrogen) atoms. The van der Waals surface area contributed by atoms with Gasteiger partial charge in [-0.15, -0.1) is 13.2 Å². The van der Waals surface area contributed by atoms with E-state index in [0.717, 1.165) is 12.8 Å². The van der Waals surface area contributed by atoms with Crippen LogP contribution in [0.2, 0.25) is 0 Å². The number of amides is 1. The highest BCUT2D eigenvalue weighted by Crippen LogP contribution is 2.38. The number of halogens is 3. The first-order valence-corrected chi connectivity index (χ1v) is 11.1. The Morgan fingerprint density at radius 2 is 1.76 bits per heavy atom. The Labute approximate surface area is 189 Å². The van der Waals surface area contributed by atoms with E-state index in [1.54, 1.807) is 17.0 Å². The van der Waals surface area contributed by atoms with Gasteiger partial charge in [0, 0.05) is 32.2 Å². The molecule has 176 valence electrons. The standard InChI is InChI=1S/C24H25F3N2O4/c25-24(26,27)33-18-7-5-16(6-8-18)14-29-20-3-1-2-4-22(20)32-19-13-21(23(29)30)28(15-19)17-9-11-31-12-10-17/h1-8,17,19,21H,9-15H2. The van der Waals surface area contributed by atoms with Gasteiger partial charge in [-0.05, 0) is 42.7 Å². The molecule has 2 saturated heterocycles. The van der Waals surface area contributed by atoms with Crippen molar-refractivity contribution in [2.75, 3.05) is 24.7 Å². The Kier molecular flexibility index (Phi) is 5.92. The third-order valence-electron chi connectivity index (χ3n) is 6.46. The van der Waals surface area contributed by atoms with E-state index in [1.807, 2.05) is 24.3 Å². The van der Waals surface area contributed by atoms with E-state index in [0.29, 0.717) is 43.2 Å². The Hall–Kier alpha value is -2.78. The maximum atomic E-state index is 13.9. The Morgan fingerprint density at radius 1 is 1.03 bits per heavy atom. The average molecular weight is 462 g/mol.